The highest BCUT2D eigenvalue weighted by Gasteiger charge is 2.21. The second-order valence-electron chi connectivity index (χ2n) is 7.98. The molecular formula is C22H30F2N6. The van der Waals surface area contributed by atoms with Crippen LogP contribution in [0.15, 0.2) is 23.3 Å². The highest BCUT2D eigenvalue weighted by Crippen LogP contribution is 2.37. The van der Waals surface area contributed by atoms with Crippen LogP contribution in [-0.4, -0.2) is 60.4 Å². The Labute approximate surface area is 177 Å². The topological polar surface area (TPSA) is 56.7 Å². The molecule has 1 aromatic heterocycles. The molecule has 0 saturated carbocycles. The van der Waals surface area contributed by atoms with Crippen molar-refractivity contribution in [3.63, 3.8) is 0 Å². The van der Waals surface area contributed by atoms with E-state index in [1.165, 1.54) is 6.07 Å². The summed E-state index contributed by atoms with van der Waals surface area (Å²) in [5.74, 6) is -0.800. The molecule has 1 N–H and O–H groups in total. The van der Waals surface area contributed by atoms with Crippen molar-refractivity contribution < 1.29 is 8.78 Å². The number of nitrogens with one attached hydrogen (secondary N) is 1. The minimum absolute atomic E-state index is 0.0657. The van der Waals surface area contributed by atoms with Crippen molar-refractivity contribution in [3.8, 4) is 11.3 Å². The lowest BCUT2D eigenvalue weighted by atomic mass is 10.1. The lowest BCUT2D eigenvalue weighted by Crippen LogP contribution is -2.37. The van der Waals surface area contributed by atoms with E-state index in [0.717, 1.165) is 32.1 Å². The molecule has 0 radical (unpaired) electrons. The first-order valence-electron chi connectivity index (χ1n) is 10.4. The molecule has 0 aliphatic carbocycles. The van der Waals surface area contributed by atoms with Crippen molar-refractivity contribution in [2.75, 3.05) is 36.9 Å². The lowest BCUT2D eigenvalue weighted by molar-refractivity contribution is 0.263. The van der Waals surface area contributed by atoms with Crippen molar-refractivity contribution >= 4 is 24.0 Å². The summed E-state index contributed by atoms with van der Waals surface area (Å²) in [6, 6.07) is 3.33. The van der Waals surface area contributed by atoms with Gasteiger partial charge in [-0.25, -0.2) is 18.7 Å². The maximum absolute atomic E-state index is 14.9. The molecule has 0 atom stereocenters. The first-order valence-corrected chi connectivity index (χ1v) is 10.4. The van der Waals surface area contributed by atoms with Crippen LogP contribution in [0.1, 0.15) is 33.6 Å². The zero-order valence-electron chi connectivity index (χ0n) is 18.1. The molecule has 0 bridgehead atoms. The Morgan fingerprint density at radius 3 is 2.57 bits per heavy atom. The van der Waals surface area contributed by atoms with Gasteiger partial charge in [-0.1, -0.05) is 0 Å². The standard InChI is InChI=1S/C22H30F2N6/c1-6-30(14(2)3)19-12-15(11-17(23)21(19)25-4)20-18(24)13-26-22(28-20)27-16-7-9-29(5)10-8-16/h11-14,16H,4,6-10H2,1-3,5H3,(H,26,27,28). The average molecular weight is 417 g/mol. The molecule has 0 unspecified atom stereocenters. The number of hydrogen-bond donors (Lipinski definition) is 1. The van der Waals surface area contributed by atoms with Gasteiger partial charge < -0.3 is 15.1 Å². The summed E-state index contributed by atoms with van der Waals surface area (Å²) >= 11 is 0. The van der Waals surface area contributed by atoms with E-state index in [2.05, 4.69) is 38.9 Å². The Morgan fingerprint density at radius 1 is 1.27 bits per heavy atom. The summed E-state index contributed by atoms with van der Waals surface area (Å²) in [4.78, 5) is 16.6. The summed E-state index contributed by atoms with van der Waals surface area (Å²) in [6.07, 6.45) is 3.06. The Morgan fingerprint density at radius 2 is 1.97 bits per heavy atom. The van der Waals surface area contributed by atoms with Crippen LogP contribution >= 0.6 is 0 Å². The summed E-state index contributed by atoms with van der Waals surface area (Å²) in [6.45, 7) is 12.1. The van der Waals surface area contributed by atoms with Crippen LogP contribution in [-0.2, 0) is 0 Å². The Kier molecular flexibility index (Phi) is 6.97. The molecule has 1 aliphatic heterocycles. The summed E-state index contributed by atoms with van der Waals surface area (Å²) in [5, 5.41) is 3.29. The van der Waals surface area contributed by atoms with Crippen LogP contribution < -0.4 is 10.2 Å². The van der Waals surface area contributed by atoms with Gasteiger partial charge in [0, 0.05) is 24.2 Å². The molecule has 0 amide bonds. The Balaban J connectivity index is 1.98. The molecule has 162 valence electrons. The number of benzene rings is 1. The smallest absolute Gasteiger partial charge is 0.223 e. The first-order chi connectivity index (χ1) is 14.3. The minimum Gasteiger partial charge on any atom is -0.368 e. The van der Waals surface area contributed by atoms with E-state index in [4.69, 9.17) is 0 Å². The van der Waals surface area contributed by atoms with Crippen LogP contribution in [0.4, 0.5) is 26.1 Å². The maximum atomic E-state index is 14.9. The minimum atomic E-state index is -0.596. The van der Waals surface area contributed by atoms with Gasteiger partial charge in [-0.15, -0.1) is 0 Å². The number of piperidine rings is 1. The molecule has 8 heteroatoms. The normalized spacial score (nSPS) is 15.4. The van der Waals surface area contributed by atoms with Gasteiger partial charge in [-0.2, -0.15) is 0 Å². The maximum Gasteiger partial charge on any atom is 0.223 e. The SMILES string of the molecule is C=Nc1c(F)cc(-c2nc(NC3CCN(C)CC3)ncc2F)cc1N(CC)C(C)C. The highest BCUT2D eigenvalue weighted by molar-refractivity contribution is 5.77. The van der Waals surface area contributed by atoms with E-state index in [9.17, 15) is 8.78 Å². The van der Waals surface area contributed by atoms with Gasteiger partial charge in [0.1, 0.15) is 11.4 Å². The van der Waals surface area contributed by atoms with E-state index in [1.54, 1.807) is 6.07 Å². The molecule has 30 heavy (non-hydrogen) atoms. The zero-order valence-corrected chi connectivity index (χ0v) is 18.1. The second kappa shape index (κ2) is 9.47. The molecule has 1 aliphatic rings. The number of likely N-dealkylation sites (tertiary alicyclic amines) is 1. The molecule has 2 aromatic rings. The summed E-state index contributed by atoms with van der Waals surface area (Å²) < 4.78 is 29.5. The van der Waals surface area contributed by atoms with Crippen LogP contribution in [0.3, 0.4) is 0 Å². The van der Waals surface area contributed by atoms with Crippen molar-refractivity contribution in [1.82, 2.24) is 14.9 Å². The van der Waals surface area contributed by atoms with Gasteiger partial charge in [0.25, 0.3) is 0 Å². The van der Waals surface area contributed by atoms with Gasteiger partial charge >= 0.3 is 0 Å². The number of rotatable bonds is 7. The van der Waals surface area contributed by atoms with Crippen molar-refractivity contribution in [3.05, 3.63) is 30.0 Å². The molecule has 2 heterocycles. The van der Waals surface area contributed by atoms with E-state index in [0.29, 0.717) is 23.7 Å². The Hall–Kier alpha value is -2.61. The molecule has 1 fully saturated rings. The number of aromatic nitrogens is 2. The number of anilines is 2. The van der Waals surface area contributed by atoms with E-state index in [-0.39, 0.29) is 23.5 Å². The lowest BCUT2D eigenvalue weighted by Gasteiger charge is -2.30. The monoisotopic (exact) mass is 416 g/mol. The van der Waals surface area contributed by atoms with E-state index < -0.39 is 11.6 Å². The van der Waals surface area contributed by atoms with Gasteiger partial charge in [-0.3, -0.25) is 4.99 Å². The zero-order chi connectivity index (χ0) is 21.8. The summed E-state index contributed by atoms with van der Waals surface area (Å²) in [5.41, 5.74) is 1.14. The van der Waals surface area contributed by atoms with Crippen molar-refractivity contribution in [2.45, 2.75) is 45.7 Å². The van der Waals surface area contributed by atoms with Crippen LogP contribution in [0, 0.1) is 11.6 Å². The fourth-order valence-electron chi connectivity index (χ4n) is 3.89. The van der Waals surface area contributed by atoms with Crippen LogP contribution in [0.25, 0.3) is 11.3 Å². The second-order valence-corrected chi connectivity index (χ2v) is 7.98. The number of aliphatic imine (C=N–C) groups is 1. The number of hydrogen-bond acceptors (Lipinski definition) is 6. The van der Waals surface area contributed by atoms with Crippen molar-refractivity contribution in [1.29, 1.82) is 0 Å². The van der Waals surface area contributed by atoms with E-state index >= 15 is 0 Å². The van der Waals surface area contributed by atoms with Gasteiger partial charge in [0.15, 0.2) is 11.6 Å². The molecule has 6 nitrogen and oxygen atoms in total. The molecule has 1 saturated heterocycles. The van der Waals surface area contributed by atoms with Gasteiger partial charge in [0.05, 0.1) is 11.9 Å². The third-order valence-electron chi connectivity index (χ3n) is 5.54. The molecule has 3 rings (SSSR count). The molecular weight excluding hydrogens is 386 g/mol. The predicted molar refractivity (Wildman–Crippen MR) is 119 cm³/mol. The molecule has 1 aromatic carbocycles. The Bertz CT molecular complexity index is 893. The van der Waals surface area contributed by atoms with Gasteiger partial charge in [-0.05, 0) is 72.6 Å². The predicted octanol–water partition coefficient (Wildman–Crippen LogP) is 4.49. The van der Waals surface area contributed by atoms with Crippen LogP contribution in [0.2, 0.25) is 0 Å². The van der Waals surface area contributed by atoms with Gasteiger partial charge in [0.2, 0.25) is 5.95 Å². The average Bonchev–Trinajstić information content (AvgIpc) is 2.71. The van der Waals surface area contributed by atoms with Crippen LogP contribution in [0.5, 0.6) is 0 Å². The largest absolute Gasteiger partial charge is 0.368 e. The highest BCUT2D eigenvalue weighted by atomic mass is 19.1. The number of nitrogens with zero attached hydrogens (tertiary/aromatic N) is 5. The fraction of sp³-hybridized carbons (Fsp3) is 0.500. The third-order valence-corrected chi connectivity index (χ3v) is 5.54. The van der Waals surface area contributed by atoms with E-state index in [1.807, 2.05) is 25.7 Å². The molecule has 0 spiro atoms. The summed E-state index contributed by atoms with van der Waals surface area (Å²) in [7, 11) is 2.09. The first kappa shape index (κ1) is 22.1. The quantitative estimate of drug-likeness (QED) is 0.674. The number of halogens is 2. The third kappa shape index (κ3) is 4.75. The fourth-order valence-corrected chi connectivity index (χ4v) is 3.89. The van der Waals surface area contributed by atoms with Crippen molar-refractivity contribution in [2.24, 2.45) is 4.99 Å².